The lowest BCUT2D eigenvalue weighted by Gasteiger charge is -2.36. The lowest BCUT2D eigenvalue weighted by Crippen LogP contribution is -2.46. The Morgan fingerprint density at radius 2 is 2.08 bits per heavy atom. The fraction of sp³-hybridized carbons (Fsp3) is 0.462. The molecule has 3 aromatic heterocycles. The van der Waals surface area contributed by atoms with Gasteiger partial charge < -0.3 is 24.7 Å². The maximum absolute atomic E-state index is 12.6. The monoisotopic (exact) mass is 492 g/mol. The summed E-state index contributed by atoms with van der Waals surface area (Å²) in [6.45, 7) is 7.26. The quantitative estimate of drug-likeness (QED) is 0.513. The van der Waals surface area contributed by atoms with Crippen molar-refractivity contribution in [2.24, 2.45) is 0 Å². The number of rotatable bonds is 7. The van der Waals surface area contributed by atoms with Crippen molar-refractivity contribution in [2.75, 3.05) is 51.4 Å². The van der Waals surface area contributed by atoms with Gasteiger partial charge in [-0.25, -0.2) is 4.98 Å². The summed E-state index contributed by atoms with van der Waals surface area (Å²) in [5.41, 5.74) is 4.58. The van der Waals surface area contributed by atoms with Gasteiger partial charge in [0.2, 0.25) is 5.88 Å². The minimum atomic E-state index is -0.212. The van der Waals surface area contributed by atoms with Crippen molar-refractivity contribution in [3.05, 3.63) is 57.6 Å². The normalized spacial score (nSPS) is 18.5. The molecule has 2 fully saturated rings. The Hall–Kier alpha value is -3.50. The number of aromatic nitrogens is 3. The highest BCUT2D eigenvalue weighted by atomic mass is 16.5. The van der Waals surface area contributed by atoms with Gasteiger partial charge in [0.25, 0.3) is 11.5 Å². The van der Waals surface area contributed by atoms with Crippen LogP contribution >= 0.6 is 0 Å². The second-order valence-corrected chi connectivity index (χ2v) is 9.28. The third-order valence-electron chi connectivity index (χ3n) is 6.86. The zero-order valence-corrected chi connectivity index (χ0v) is 20.7. The number of amides is 1. The first-order chi connectivity index (χ1) is 17.5. The second-order valence-electron chi connectivity index (χ2n) is 9.28. The SMILES string of the molecule is CCc1cc2ncc(CN3CCN(c4ccc(C(=O)NC5CCOC5)nc4OC)CC3)cc2[nH]c1=O. The van der Waals surface area contributed by atoms with E-state index in [1.807, 2.05) is 31.3 Å². The first-order valence-corrected chi connectivity index (χ1v) is 12.5. The Bertz CT molecular complexity index is 1300. The summed E-state index contributed by atoms with van der Waals surface area (Å²) in [6, 6.07) is 7.58. The predicted molar refractivity (Wildman–Crippen MR) is 137 cm³/mol. The van der Waals surface area contributed by atoms with E-state index in [1.165, 1.54) is 0 Å². The lowest BCUT2D eigenvalue weighted by molar-refractivity contribution is 0.0924. The smallest absolute Gasteiger partial charge is 0.270 e. The molecule has 10 nitrogen and oxygen atoms in total. The van der Waals surface area contributed by atoms with Gasteiger partial charge in [-0.3, -0.25) is 19.5 Å². The van der Waals surface area contributed by atoms with Crippen LogP contribution in [0.2, 0.25) is 0 Å². The molecule has 36 heavy (non-hydrogen) atoms. The molecule has 2 saturated heterocycles. The number of aromatic amines is 1. The number of H-pyrrole nitrogens is 1. The topological polar surface area (TPSA) is 113 Å². The number of nitrogens with one attached hydrogen (secondary N) is 2. The summed E-state index contributed by atoms with van der Waals surface area (Å²) in [5.74, 6) is 0.240. The molecule has 3 aromatic rings. The Balaban J connectivity index is 1.21. The number of anilines is 1. The van der Waals surface area contributed by atoms with Crippen molar-refractivity contribution in [2.45, 2.75) is 32.4 Å². The van der Waals surface area contributed by atoms with Gasteiger partial charge in [-0.2, -0.15) is 0 Å². The molecule has 5 heterocycles. The van der Waals surface area contributed by atoms with E-state index >= 15 is 0 Å². The predicted octanol–water partition coefficient (Wildman–Crippen LogP) is 1.73. The number of carbonyl (C=O) groups excluding carboxylic acids is 1. The minimum absolute atomic E-state index is 0.0323. The summed E-state index contributed by atoms with van der Waals surface area (Å²) >= 11 is 0. The van der Waals surface area contributed by atoms with Crippen LogP contribution in [0.15, 0.2) is 35.3 Å². The van der Waals surface area contributed by atoms with Crippen molar-refractivity contribution < 1.29 is 14.3 Å². The van der Waals surface area contributed by atoms with Crippen LogP contribution in [0.5, 0.6) is 5.88 Å². The van der Waals surface area contributed by atoms with Gasteiger partial charge in [0.05, 0.1) is 36.5 Å². The van der Waals surface area contributed by atoms with Gasteiger partial charge in [0, 0.05) is 51.1 Å². The highest BCUT2D eigenvalue weighted by molar-refractivity contribution is 5.93. The van der Waals surface area contributed by atoms with Crippen LogP contribution in [0.4, 0.5) is 5.69 Å². The van der Waals surface area contributed by atoms with Crippen molar-refractivity contribution in [3.8, 4) is 5.88 Å². The van der Waals surface area contributed by atoms with E-state index in [0.29, 0.717) is 31.2 Å². The molecule has 190 valence electrons. The number of piperazine rings is 1. The summed E-state index contributed by atoms with van der Waals surface area (Å²) in [4.78, 5) is 41.4. The third kappa shape index (κ3) is 5.19. The van der Waals surface area contributed by atoms with Crippen LogP contribution in [0.3, 0.4) is 0 Å². The Morgan fingerprint density at radius 3 is 2.81 bits per heavy atom. The molecule has 1 atom stereocenters. The number of ether oxygens (including phenoxy) is 2. The summed E-state index contributed by atoms with van der Waals surface area (Å²) in [6.07, 6.45) is 3.39. The molecule has 5 rings (SSSR count). The number of aryl methyl sites for hydroxylation is 1. The van der Waals surface area contributed by atoms with Gasteiger partial charge in [0.1, 0.15) is 5.69 Å². The molecule has 2 aliphatic heterocycles. The average Bonchev–Trinajstić information content (AvgIpc) is 3.41. The first-order valence-electron chi connectivity index (χ1n) is 12.5. The number of nitrogens with zero attached hydrogens (tertiary/aromatic N) is 4. The molecule has 0 saturated carbocycles. The van der Waals surface area contributed by atoms with Crippen molar-refractivity contribution in [3.63, 3.8) is 0 Å². The number of fused-ring (bicyclic) bond motifs is 1. The highest BCUT2D eigenvalue weighted by Crippen LogP contribution is 2.28. The standard InChI is InChI=1S/C26H32N6O4/c1-3-18-13-21-22(29-24(18)33)12-17(14-27-21)15-31-7-9-32(10-8-31)23-5-4-20(30-26(23)35-2)25(34)28-19-6-11-36-16-19/h4-5,12-14,19H,3,6-11,15-16H2,1-2H3,(H,28,34)(H,29,33). The fourth-order valence-corrected chi connectivity index (χ4v) is 4.78. The van der Waals surface area contributed by atoms with E-state index in [2.05, 4.69) is 30.1 Å². The second kappa shape index (κ2) is 10.6. The lowest BCUT2D eigenvalue weighted by atomic mass is 10.1. The Kier molecular flexibility index (Phi) is 7.15. The van der Waals surface area contributed by atoms with Crippen LogP contribution in [0.1, 0.15) is 35.0 Å². The van der Waals surface area contributed by atoms with E-state index in [1.54, 1.807) is 13.2 Å². The highest BCUT2D eigenvalue weighted by Gasteiger charge is 2.24. The molecule has 0 spiro atoms. The van der Waals surface area contributed by atoms with Gasteiger partial charge in [0.15, 0.2) is 0 Å². The molecule has 0 bridgehead atoms. The summed E-state index contributed by atoms with van der Waals surface area (Å²) in [5, 5.41) is 2.97. The zero-order chi connectivity index (χ0) is 25.1. The van der Waals surface area contributed by atoms with Crippen LogP contribution in [-0.2, 0) is 17.7 Å². The molecular formula is C26H32N6O4. The molecule has 2 aliphatic rings. The maximum Gasteiger partial charge on any atom is 0.270 e. The molecule has 1 amide bonds. The maximum atomic E-state index is 12.6. The minimum Gasteiger partial charge on any atom is -0.480 e. The summed E-state index contributed by atoms with van der Waals surface area (Å²) < 4.78 is 10.9. The number of hydrogen-bond donors (Lipinski definition) is 2. The van der Waals surface area contributed by atoms with Crippen LogP contribution < -0.4 is 20.5 Å². The fourth-order valence-electron chi connectivity index (χ4n) is 4.78. The largest absolute Gasteiger partial charge is 0.480 e. The molecule has 0 aromatic carbocycles. The van der Waals surface area contributed by atoms with E-state index in [9.17, 15) is 9.59 Å². The molecule has 0 aliphatic carbocycles. The first kappa shape index (κ1) is 24.2. The molecule has 2 N–H and O–H groups in total. The van der Waals surface area contributed by atoms with E-state index in [0.717, 1.165) is 67.0 Å². The Morgan fingerprint density at radius 1 is 1.25 bits per heavy atom. The number of carbonyl (C=O) groups is 1. The van der Waals surface area contributed by atoms with E-state index < -0.39 is 0 Å². The third-order valence-corrected chi connectivity index (χ3v) is 6.86. The zero-order valence-electron chi connectivity index (χ0n) is 20.7. The van der Waals surface area contributed by atoms with Crippen molar-refractivity contribution >= 4 is 22.6 Å². The van der Waals surface area contributed by atoms with Crippen LogP contribution in [0, 0.1) is 0 Å². The van der Waals surface area contributed by atoms with Gasteiger partial charge in [-0.1, -0.05) is 6.92 Å². The number of hydrogen-bond acceptors (Lipinski definition) is 8. The summed E-state index contributed by atoms with van der Waals surface area (Å²) in [7, 11) is 1.58. The molecular weight excluding hydrogens is 460 g/mol. The van der Waals surface area contributed by atoms with Crippen molar-refractivity contribution in [1.82, 2.24) is 25.2 Å². The van der Waals surface area contributed by atoms with E-state index in [-0.39, 0.29) is 17.5 Å². The molecule has 0 radical (unpaired) electrons. The molecule has 1 unspecified atom stereocenters. The van der Waals surface area contributed by atoms with Gasteiger partial charge in [-0.05, 0) is 42.7 Å². The van der Waals surface area contributed by atoms with E-state index in [4.69, 9.17) is 9.47 Å². The average molecular weight is 493 g/mol. The number of methoxy groups -OCH3 is 1. The van der Waals surface area contributed by atoms with Gasteiger partial charge >= 0.3 is 0 Å². The van der Waals surface area contributed by atoms with Crippen molar-refractivity contribution in [1.29, 1.82) is 0 Å². The van der Waals surface area contributed by atoms with Crippen LogP contribution in [0.25, 0.3) is 11.0 Å². The Labute approximate surface area is 209 Å². The van der Waals surface area contributed by atoms with Gasteiger partial charge in [-0.15, -0.1) is 0 Å². The molecule has 10 heteroatoms. The number of pyridine rings is 3. The van der Waals surface area contributed by atoms with Crippen LogP contribution in [-0.4, -0.2) is 78.3 Å².